The smallest absolute Gasteiger partial charge is 0.341 e. The fraction of sp³-hybridized carbons (Fsp3) is 0.652. The van der Waals surface area contributed by atoms with Crippen molar-refractivity contribution in [2.45, 2.75) is 70.5 Å². The first kappa shape index (κ1) is 21.8. The third kappa shape index (κ3) is 4.98. The summed E-state index contributed by atoms with van der Waals surface area (Å²) in [5.74, 6) is -0.946. The Bertz CT molecular complexity index is 730. The molecule has 2 aliphatic carbocycles. The number of aliphatic carboxylic acids is 1. The molecule has 0 radical (unpaired) electrons. The van der Waals surface area contributed by atoms with Crippen molar-refractivity contribution in [3.63, 3.8) is 0 Å². The molecule has 0 heterocycles. The van der Waals surface area contributed by atoms with Crippen LogP contribution >= 0.6 is 0 Å². The van der Waals surface area contributed by atoms with Crippen molar-refractivity contribution in [2.24, 2.45) is 17.8 Å². The molecule has 1 saturated carbocycles. The zero-order valence-electron chi connectivity index (χ0n) is 17.0. The van der Waals surface area contributed by atoms with E-state index in [-0.39, 0.29) is 29.6 Å². The Hall–Kier alpha value is -1.92. The van der Waals surface area contributed by atoms with E-state index in [1.807, 2.05) is 0 Å². The topological polar surface area (TPSA) is 104 Å². The number of carbonyl (C=O) groups is 2. The van der Waals surface area contributed by atoms with Crippen molar-refractivity contribution < 1.29 is 29.6 Å². The van der Waals surface area contributed by atoms with Crippen LogP contribution in [0.3, 0.4) is 0 Å². The lowest BCUT2D eigenvalue weighted by Gasteiger charge is -2.31. The number of ketones is 1. The third-order valence-corrected chi connectivity index (χ3v) is 6.50. The minimum absolute atomic E-state index is 0.0130. The molecule has 0 saturated heterocycles. The van der Waals surface area contributed by atoms with Gasteiger partial charge in [0.15, 0.2) is 12.4 Å². The Balaban J connectivity index is 1.70. The van der Waals surface area contributed by atoms with Crippen LogP contribution in [0.15, 0.2) is 18.2 Å². The number of hydrogen-bond acceptors (Lipinski definition) is 5. The molecule has 160 valence electrons. The van der Waals surface area contributed by atoms with Crippen LogP contribution in [0.4, 0.5) is 0 Å². The number of carboxylic acid groups (broad SMARTS) is 1. The normalized spacial score (nSPS) is 26.7. The highest BCUT2D eigenvalue weighted by Crippen LogP contribution is 2.48. The van der Waals surface area contributed by atoms with Crippen LogP contribution in [0.5, 0.6) is 5.75 Å². The molecule has 3 rings (SSSR count). The summed E-state index contributed by atoms with van der Waals surface area (Å²) < 4.78 is 5.39. The van der Waals surface area contributed by atoms with Crippen molar-refractivity contribution in [1.82, 2.24) is 0 Å². The maximum atomic E-state index is 13.3. The lowest BCUT2D eigenvalue weighted by Crippen LogP contribution is -2.33. The molecule has 29 heavy (non-hydrogen) atoms. The molecule has 0 aliphatic heterocycles. The van der Waals surface area contributed by atoms with Crippen LogP contribution in [-0.4, -0.2) is 45.9 Å². The number of aliphatic hydroxyl groups excluding tert-OH is 2. The lowest BCUT2D eigenvalue weighted by molar-refractivity contribution is -0.139. The van der Waals surface area contributed by atoms with Gasteiger partial charge in [0.2, 0.25) is 0 Å². The SMILES string of the molecule is CCCCC[C@H](O)CC[C@@H]1[C@H]2C(=O)c3cccc(OCC(=O)O)c3C[C@H]2C[C@H]1O. The first-order valence-electron chi connectivity index (χ1n) is 10.8. The molecule has 0 spiro atoms. The third-order valence-electron chi connectivity index (χ3n) is 6.50. The van der Waals surface area contributed by atoms with Gasteiger partial charge in [0.25, 0.3) is 0 Å². The summed E-state index contributed by atoms with van der Waals surface area (Å²) in [6.07, 6.45) is 5.48. The molecule has 0 aromatic heterocycles. The maximum absolute atomic E-state index is 13.3. The van der Waals surface area contributed by atoms with Gasteiger partial charge >= 0.3 is 5.97 Å². The van der Waals surface area contributed by atoms with Crippen LogP contribution < -0.4 is 4.74 Å². The van der Waals surface area contributed by atoms with Crippen LogP contribution in [0.25, 0.3) is 0 Å². The lowest BCUT2D eigenvalue weighted by atomic mass is 9.72. The van der Waals surface area contributed by atoms with Crippen LogP contribution in [0.1, 0.15) is 67.8 Å². The van der Waals surface area contributed by atoms with Crippen LogP contribution in [0.2, 0.25) is 0 Å². The van der Waals surface area contributed by atoms with E-state index in [0.29, 0.717) is 37.0 Å². The number of carboxylic acids is 1. The second kappa shape index (κ2) is 9.72. The minimum Gasteiger partial charge on any atom is -0.482 e. The Kier molecular flexibility index (Phi) is 7.30. The number of benzene rings is 1. The number of carbonyl (C=O) groups excluding carboxylic acids is 1. The maximum Gasteiger partial charge on any atom is 0.341 e. The number of unbranched alkanes of at least 4 members (excludes halogenated alkanes) is 2. The van der Waals surface area contributed by atoms with Crippen molar-refractivity contribution in [3.8, 4) is 5.75 Å². The van der Waals surface area contributed by atoms with Crippen LogP contribution in [-0.2, 0) is 11.2 Å². The standard InChI is InChI=1S/C23H32O6/c1-2-3-4-6-15(24)9-10-17-19(25)12-14-11-18-16(23(28)22(14)17)7-5-8-20(18)29-13-21(26)27/h5,7-8,14-15,17,19,22,24-25H,2-4,6,9-13H2,1H3,(H,26,27)/t14-,15-,17-,19+,22-/m0/s1. The molecule has 6 nitrogen and oxygen atoms in total. The molecule has 1 fully saturated rings. The number of rotatable bonds is 10. The van der Waals surface area contributed by atoms with Gasteiger partial charge in [-0.2, -0.15) is 0 Å². The summed E-state index contributed by atoms with van der Waals surface area (Å²) in [6.45, 7) is 1.69. The molecule has 1 aromatic carbocycles. The van der Waals surface area contributed by atoms with Crippen molar-refractivity contribution in [3.05, 3.63) is 29.3 Å². The predicted molar refractivity (Wildman–Crippen MR) is 108 cm³/mol. The fourth-order valence-corrected chi connectivity index (χ4v) is 5.09. The summed E-state index contributed by atoms with van der Waals surface area (Å²) >= 11 is 0. The zero-order valence-corrected chi connectivity index (χ0v) is 17.0. The van der Waals surface area contributed by atoms with E-state index >= 15 is 0 Å². The molecule has 1 aromatic rings. The summed E-state index contributed by atoms with van der Waals surface area (Å²) in [5, 5.41) is 29.8. The molecule has 2 aliphatic rings. The predicted octanol–water partition coefficient (Wildman–Crippen LogP) is 3.22. The van der Waals surface area contributed by atoms with E-state index in [4.69, 9.17) is 9.84 Å². The summed E-state index contributed by atoms with van der Waals surface area (Å²) in [6, 6.07) is 5.18. The van der Waals surface area contributed by atoms with Gasteiger partial charge in [-0.15, -0.1) is 0 Å². The highest BCUT2D eigenvalue weighted by Gasteiger charge is 2.49. The zero-order chi connectivity index (χ0) is 21.0. The number of hydrogen-bond donors (Lipinski definition) is 3. The Morgan fingerprint density at radius 2 is 2.07 bits per heavy atom. The van der Waals surface area contributed by atoms with E-state index in [9.17, 15) is 19.8 Å². The number of fused-ring (bicyclic) bond motifs is 2. The summed E-state index contributed by atoms with van der Waals surface area (Å²) in [7, 11) is 0. The van der Waals surface area contributed by atoms with Gasteiger partial charge in [0, 0.05) is 17.0 Å². The number of Topliss-reactive ketones (excluding diaryl/α,β-unsaturated/α-hetero) is 1. The van der Waals surface area contributed by atoms with Gasteiger partial charge in [-0.1, -0.05) is 38.3 Å². The van der Waals surface area contributed by atoms with Gasteiger partial charge in [-0.25, -0.2) is 4.79 Å². The first-order valence-corrected chi connectivity index (χ1v) is 10.8. The second-order valence-corrected chi connectivity index (χ2v) is 8.51. The van der Waals surface area contributed by atoms with Gasteiger partial charge < -0.3 is 20.1 Å². The first-order chi connectivity index (χ1) is 13.9. The molecule has 3 N–H and O–H groups in total. The Morgan fingerprint density at radius 3 is 2.79 bits per heavy atom. The van der Waals surface area contributed by atoms with Crippen LogP contribution in [0, 0.1) is 17.8 Å². The van der Waals surface area contributed by atoms with Crippen molar-refractivity contribution >= 4 is 11.8 Å². The van der Waals surface area contributed by atoms with E-state index < -0.39 is 18.7 Å². The van der Waals surface area contributed by atoms with E-state index in [1.54, 1.807) is 18.2 Å². The summed E-state index contributed by atoms with van der Waals surface area (Å²) in [5.41, 5.74) is 1.34. The van der Waals surface area contributed by atoms with Crippen molar-refractivity contribution in [2.75, 3.05) is 6.61 Å². The molecule has 6 heteroatoms. The van der Waals surface area contributed by atoms with Gasteiger partial charge in [-0.3, -0.25) is 4.79 Å². The largest absolute Gasteiger partial charge is 0.482 e. The Morgan fingerprint density at radius 1 is 1.28 bits per heavy atom. The van der Waals surface area contributed by atoms with Crippen molar-refractivity contribution in [1.29, 1.82) is 0 Å². The molecule has 0 amide bonds. The quantitative estimate of drug-likeness (QED) is 0.517. The number of ether oxygens (including phenoxy) is 1. The van der Waals surface area contributed by atoms with E-state index in [1.165, 1.54) is 0 Å². The molecule has 0 bridgehead atoms. The average Bonchev–Trinajstić information content (AvgIpc) is 3.00. The highest BCUT2D eigenvalue weighted by molar-refractivity contribution is 6.01. The minimum atomic E-state index is -1.06. The van der Waals surface area contributed by atoms with Gasteiger partial charge in [-0.05, 0) is 50.0 Å². The molecule has 5 atom stereocenters. The number of aliphatic hydroxyl groups is 2. The Labute approximate surface area is 171 Å². The van der Waals surface area contributed by atoms with E-state index in [0.717, 1.165) is 31.2 Å². The molecule has 0 unspecified atom stereocenters. The highest BCUT2D eigenvalue weighted by atomic mass is 16.5. The van der Waals surface area contributed by atoms with Gasteiger partial charge in [0.05, 0.1) is 12.2 Å². The molecular formula is C23H32O6. The van der Waals surface area contributed by atoms with Gasteiger partial charge in [0.1, 0.15) is 5.75 Å². The average molecular weight is 405 g/mol. The fourth-order valence-electron chi connectivity index (χ4n) is 5.09. The molecular weight excluding hydrogens is 372 g/mol. The summed E-state index contributed by atoms with van der Waals surface area (Å²) in [4.78, 5) is 24.1. The second-order valence-electron chi connectivity index (χ2n) is 8.51. The monoisotopic (exact) mass is 404 g/mol. The van der Waals surface area contributed by atoms with E-state index in [2.05, 4.69) is 6.92 Å².